The quantitative estimate of drug-likeness (QED) is 0.643. The Balaban J connectivity index is 2.70. The van der Waals surface area contributed by atoms with Gasteiger partial charge in [0, 0.05) is 17.9 Å². The van der Waals surface area contributed by atoms with E-state index in [4.69, 9.17) is 0 Å². The van der Waals surface area contributed by atoms with E-state index in [2.05, 4.69) is 4.98 Å². The van der Waals surface area contributed by atoms with Gasteiger partial charge in [0.05, 0.1) is 0 Å². The topological polar surface area (TPSA) is 34.9 Å². The van der Waals surface area contributed by atoms with Crippen LogP contribution in [0.25, 0.3) is 0 Å². The Morgan fingerprint density at radius 3 is 2.73 bits per heavy atom. The zero-order valence-electron chi connectivity index (χ0n) is 7.76. The fourth-order valence-electron chi connectivity index (χ4n) is 1.44. The summed E-state index contributed by atoms with van der Waals surface area (Å²) in [5.41, 5.74) is -1.97. The number of hydrogen-bond donors (Lipinski definition) is 0. The minimum atomic E-state index is -4.55. The van der Waals surface area contributed by atoms with E-state index in [1.807, 2.05) is 0 Å². The molecule has 0 amide bonds. The van der Waals surface area contributed by atoms with Gasteiger partial charge in [-0.3, -0.25) is 9.36 Å². The van der Waals surface area contributed by atoms with Gasteiger partial charge in [0.2, 0.25) is 0 Å². The fraction of sp³-hybridized carbons (Fsp3) is 0.500. The van der Waals surface area contributed by atoms with Crippen LogP contribution in [0, 0.1) is 6.92 Å². The number of fused-ring (bicyclic) bond motifs is 1. The normalized spacial score (nSPS) is 15.5. The van der Waals surface area contributed by atoms with E-state index in [-0.39, 0.29) is 10.7 Å². The van der Waals surface area contributed by atoms with E-state index in [0.717, 1.165) is 6.92 Å². The van der Waals surface area contributed by atoms with Crippen molar-refractivity contribution in [3.05, 3.63) is 21.6 Å². The van der Waals surface area contributed by atoms with Crippen LogP contribution in [0.1, 0.15) is 11.3 Å². The van der Waals surface area contributed by atoms with E-state index in [1.54, 1.807) is 0 Å². The number of nitrogens with zero attached hydrogens (tertiary/aromatic N) is 2. The standard InChI is InChI=1S/C8H7F3N2OS/c1-4-5(8(9,10)11)12-7-13(6(4)14)2-3-15-7/h2-3H2,1H3. The Labute approximate surface area is 87.3 Å². The van der Waals surface area contributed by atoms with Gasteiger partial charge in [0.15, 0.2) is 10.9 Å². The molecule has 2 rings (SSSR count). The van der Waals surface area contributed by atoms with Crippen molar-refractivity contribution in [1.29, 1.82) is 0 Å². The predicted molar refractivity (Wildman–Crippen MR) is 49.0 cm³/mol. The van der Waals surface area contributed by atoms with Crippen LogP contribution in [0.5, 0.6) is 0 Å². The molecule has 0 bridgehead atoms. The van der Waals surface area contributed by atoms with Crippen molar-refractivity contribution in [2.75, 3.05) is 5.75 Å². The van der Waals surface area contributed by atoms with Crippen LogP contribution in [-0.2, 0) is 12.7 Å². The first-order valence-corrected chi connectivity index (χ1v) is 5.21. The zero-order valence-corrected chi connectivity index (χ0v) is 8.58. The summed E-state index contributed by atoms with van der Waals surface area (Å²) in [5.74, 6) is 0.600. The number of rotatable bonds is 0. The molecule has 0 spiro atoms. The van der Waals surface area contributed by atoms with Crippen LogP contribution >= 0.6 is 11.8 Å². The molecule has 1 aliphatic heterocycles. The minimum Gasteiger partial charge on any atom is -0.287 e. The Hall–Kier alpha value is -0.980. The van der Waals surface area contributed by atoms with Crippen LogP contribution in [0.2, 0.25) is 0 Å². The SMILES string of the molecule is Cc1c(C(F)(F)F)nc2n(c1=O)CCS2. The maximum absolute atomic E-state index is 12.5. The van der Waals surface area contributed by atoms with E-state index < -0.39 is 17.4 Å². The minimum absolute atomic E-state index is 0.165. The fourth-order valence-corrected chi connectivity index (χ4v) is 2.38. The molecule has 0 radical (unpaired) electrons. The number of thioether (sulfide) groups is 1. The average molecular weight is 236 g/mol. The molecule has 3 nitrogen and oxygen atoms in total. The second-order valence-electron chi connectivity index (χ2n) is 3.17. The summed E-state index contributed by atoms with van der Waals surface area (Å²) in [6.45, 7) is 1.60. The molecule has 0 fully saturated rings. The molecule has 0 saturated carbocycles. The highest BCUT2D eigenvalue weighted by Crippen LogP contribution is 2.31. The molecule has 82 valence electrons. The molecule has 0 saturated heterocycles. The molecule has 1 aromatic rings. The lowest BCUT2D eigenvalue weighted by atomic mass is 10.2. The Bertz CT molecular complexity index is 466. The van der Waals surface area contributed by atoms with Gasteiger partial charge in [0.25, 0.3) is 5.56 Å². The summed E-state index contributed by atoms with van der Waals surface area (Å²) in [5, 5.41) is 0.165. The molecule has 0 unspecified atom stereocenters. The highest BCUT2D eigenvalue weighted by atomic mass is 32.2. The molecule has 0 atom stereocenters. The van der Waals surface area contributed by atoms with Crippen LogP contribution in [0.4, 0.5) is 13.2 Å². The van der Waals surface area contributed by atoms with Crippen LogP contribution in [0.15, 0.2) is 9.95 Å². The molecule has 15 heavy (non-hydrogen) atoms. The van der Waals surface area contributed by atoms with Gasteiger partial charge in [-0.25, -0.2) is 4.98 Å². The Kier molecular flexibility index (Phi) is 2.29. The summed E-state index contributed by atoms with van der Waals surface area (Å²) in [4.78, 5) is 15.0. The van der Waals surface area contributed by atoms with Crippen molar-refractivity contribution in [3.8, 4) is 0 Å². The van der Waals surface area contributed by atoms with Gasteiger partial charge in [-0.15, -0.1) is 0 Å². The monoisotopic (exact) mass is 236 g/mol. The summed E-state index contributed by atoms with van der Waals surface area (Å²) in [6.07, 6.45) is -4.55. The van der Waals surface area contributed by atoms with E-state index in [0.29, 0.717) is 12.3 Å². The van der Waals surface area contributed by atoms with Crippen LogP contribution in [-0.4, -0.2) is 15.3 Å². The maximum atomic E-state index is 12.5. The van der Waals surface area contributed by atoms with Gasteiger partial charge < -0.3 is 0 Å². The van der Waals surface area contributed by atoms with Crippen LogP contribution < -0.4 is 5.56 Å². The summed E-state index contributed by atoms with van der Waals surface area (Å²) >= 11 is 1.17. The van der Waals surface area contributed by atoms with Crippen molar-refractivity contribution in [2.24, 2.45) is 0 Å². The molecule has 0 aromatic carbocycles. The number of halogens is 3. The molecule has 7 heteroatoms. The Morgan fingerprint density at radius 1 is 1.47 bits per heavy atom. The average Bonchev–Trinajstić information content (AvgIpc) is 2.57. The first-order valence-electron chi connectivity index (χ1n) is 4.22. The van der Waals surface area contributed by atoms with Crippen LogP contribution in [0.3, 0.4) is 0 Å². The van der Waals surface area contributed by atoms with E-state index in [9.17, 15) is 18.0 Å². The summed E-state index contributed by atoms with van der Waals surface area (Å²) in [7, 11) is 0. The van der Waals surface area contributed by atoms with Gasteiger partial charge in [0.1, 0.15) is 0 Å². The molecular formula is C8H7F3N2OS. The lowest BCUT2D eigenvalue weighted by Gasteiger charge is -2.10. The predicted octanol–water partition coefficient (Wildman–Crippen LogP) is 1.68. The molecule has 1 aromatic heterocycles. The lowest BCUT2D eigenvalue weighted by Crippen LogP contribution is -2.27. The van der Waals surface area contributed by atoms with E-state index >= 15 is 0 Å². The van der Waals surface area contributed by atoms with Crippen molar-refractivity contribution in [2.45, 2.75) is 24.8 Å². The van der Waals surface area contributed by atoms with Gasteiger partial charge in [-0.1, -0.05) is 11.8 Å². The van der Waals surface area contributed by atoms with Gasteiger partial charge >= 0.3 is 6.18 Å². The second kappa shape index (κ2) is 3.26. The van der Waals surface area contributed by atoms with Crippen molar-refractivity contribution in [1.82, 2.24) is 9.55 Å². The van der Waals surface area contributed by atoms with Gasteiger partial charge in [-0.05, 0) is 6.92 Å². The molecule has 0 N–H and O–H groups in total. The third kappa shape index (κ3) is 1.64. The number of aromatic nitrogens is 2. The lowest BCUT2D eigenvalue weighted by molar-refractivity contribution is -0.142. The smallest absolute Gasteiger partial charge is 0.287 e. The molecule has 0 aliphatic carbocycles. The first kappa shape index (κ1) is 10.5. The Morgan fingerprint density at radius 2 is 2.13 bits per heavy atom. The molecule has 1 aliphatic rings. The van der Waals surface area contributed by atoms with Crippen molar-refractivity contribution < 1.29 is 13.2 Å². The highest BCUT2D eigenvalue weighted by molar-refractivity contribution is 7.99. The largest absolute Gasteiger partial charge is 0.433 e. The zero-order chi connectivity index (χ0) is 11.2. The number of alkyl halides is 3. The highest BCUT2D eigenvalue weighted by Gasteiger charge is 2.37. The summed E-state index contributed by atoms with van der Waals surface area (Å²) in [6, 6.07) is 0. The van der Waals surface area contributed by atoms with Crippen molar-refractivity contribution >= 4 is 11.8 Å². The first-order chi connectivity index (χ1) is 6.91. The van der Waals surface area contributed by atoms with E-state index in [1.165, 1.54) is 16.3 Å². The second-order valence-corrected chi connectivity index (χ2v) is 4.23. The third-order valence-corrected chi connectivity index (χ3v) is 3.13. The van der Waals surface area contributed by atoms with Gasteiger partial charge in [-0.2, -0.15) is 13.2 Å². The van der Waals surface area contributed by atoms with Crippen molar-refractivity contribution in [3.63, 3.8) is 0 Å². The maximum Gasteiger partial charge on any atom is 0.433 e. The number of hydrogen-bond acceptors (Lipinski definition) is 3. The summed E-state index contributed by atoms with van der Waals surface area (Å²) < 4.78 is 38.7. The third-order valence-electron chi connectivity index (χ3n) is 2.17. The molecule has 2 heterocycles. The molecular weight excluding hydrogens is 229 g/mol.